The number of amidine groups is 1. The van der Waals surface area contributed by atoms with Crippen LogP contribution in [0.3, 0.4) is 0 Å². The first-order chi connectivity index (χ1) is 7.11. The Kier molecular flexibility index (Phi) is 7.40. The smallest absolute Gasteiger partial charge is 0.220 e. The molecule has 88 valence electrons. The summed E-state index contributed by atoms with van der Waals surface area (Å²) in [6, 6.07) is -0.409. The lowest BCUT2D eigenvalue weighted by molar-refractivity contribution is -0.121. The van der Waals surface area contributed by atoms with E-state index in [1.54, 1.807) is 6.92 Å². The summed E-state index contributed by atoms with van der Waals surface area (Å²) in [7, 11) is 0. The number of rotatable bonds is 7. The highest BCUT2D eigenvalue weighted by molar-refractivity contribution is 5.89. The normalized spacial score (nSPS) is 13.6. The van der Waals surface area contributed by atoms with Gasteiger partial charge in [-0.1, -0.05) is 31.3 Å². The molecule has 0 aliphatic carbocycles. The van der Waals surface area contributed by atoms with Gasteiger partial charge in [-0.25, -0.2) is 0 Å². The third-order valence-electron chi connectivity index (χ3n) is 2.19. The molecule has 0 aromatic carbocycles. The molecule has 5 heteroatoms. The minimum Gasteiger partial charge on any atom is -0.409 e. The molecule has 0 saturated heterocycles. The number of carbonyl (C=O) groups is 1. The summed E-state index contributed by atoms with van der Waals surface area (Å²) in [5.74, 6) is -0.0258. The summed E-state index contributed by atoms with van der Waals surface area (Å²) < 4.78 is 0. The molecule has 0 rings (SSSR count). The molecule has 0 aliphatic heterocycles. The molecule has 4 N–H and O–H groups in total. The molecule has 5 nitrogen and oxygen atoms in total. The Balaban J connectivity index is 3.65. The van der Waals surface area contributed by atoms with Crippen molar-refractivity contribution in [3.05, 3.63) is 0 Å². The van der Waals surface area contributed by atoms with Gasteiger partial charge < -0.3 is 16.3 Å². The van der Waals surface area contributed by atoms with Crippen LogP contribution < -0.4 is 11.1 Å². The van der Waals surface area contributed by atoms with Crippen molar-refractivity contribution in [2.45, 2.75) is 52.0 Å². The van der Waals surface area contributed by atoms with Crippen molar-refractivity contribution in [1.82, 2.24) is 5.32 Å². The van der Waals surface area contributed by atoms with Crippen molar-refractivity contribution in [2.24, 2.45) is 10.9 Å². The van der Waals surface area contributed by atoms with Crippen LogP contribution in [0.5, 0.6) is 0 Å². The van der Waals surface area contributed by atoms with E-state index in [0.29, 0.717) is 6.42 Å². The zero-order valence-electron chi connectivity index (χ0n) is 9.49. The minimum atomic E-state index is -0.409. The summed E-state index contributed by atoms with van der Waals surface area (Å²) in [6.45, 7) is 3.81. The van der Waals surface area contributed by atoms with Gasteiger partial charge >= 0.3 is 0 Å². The van der Waals surface area contributed by atoms with E-state index in [4.69, 9.17) is 10.9 Å². The summed E-state index contributed by atoms with van der Waals surface area (Å²) in [5.41, 5.74) is 5.33. The Hall–Kier alpha value is -1.26. The largest absolute Gasteiger partial charge is 0.409 e. The van der Waals surface area contributed by atoms with Crippen LogP contribution in [-0.2, 0) is 4.79 Å². The number of unbranched alkanes of at least 4 members (excludes halogenated alkanes) is 3. The van der Waals surface area contributed by atoms with Crippen LogP contribution in [0.2, 0.25) is 0 Å². The number of nitrogens with two attached hydrogens (primary N) is 1. The van der Waals surface area contributed by atoms with Gasteiger partial charge in [0.15, 0.2) is 5.84 Å². The second kappa shape index (κ2) is 8.08. The van der Waals surface area contributed by atoms with Crippen molar-refractivity contribution in [3.63, 3.8) is 0 Å². The van der Waals surface area contributed by atoms with Crippen LogP contribution in [-0.4, -0.2) is 23.0 Å². The van der Waals surface area contributed by atoms with Gasteiger partial charge in [0.2, 0.25) is 5.91 Å². The van der Waals surface area contributed by atoms with E-state index in [0.717, 1.165) is 25.7 Å². The minimum absolute atomic E-state index is 0.0249. The van der Waals surface area contributed by atoms with Gasteiger partial charge in [-0.3, -0.25) is 4.79 Å². The Bertz CT molecular complexity index is 217. The second-order valence-corrected chi connectivity index (χ2v) is 3.62. The number of hydrogen-bond acceptors (Lipinski definition) is 3. The number of nitrogens with zero attached hydrogens (tertiary/aromatic N) is 1. The van der Waals surface area contributed by atoms with Crippen LogP contribution in [0.4, 0.5) is 0 Å². The first-order valence-electron chi connectivity index (χ1n) is 5.38. The van der Waals surface area contributed by atoms with Gasteiger partial charge in [-0.15, -0.1) is 0 Å². The van der Waals surface area contributed by atoms with Crippen molar-refractivity contribution >= 4 is 11.7 Å². The molecular weight excluding hydrogens is 194 g/mol. The van der Waals surface area contributed by atoms with Gasteiger partial charge in [-0.05, 0) is 13.3 Å². The van der Waals surface area contributed by atoms with Gasteiger partial charge in [0.1, 0.15) is 0 Å². The quantitative estimate of drug-likeness (QED) is 0.196. The molecule has 0 fully saturated rings. The molecule has 0 aromatic heterocycles. The van der Waals surface area contributed by atoms with Crippen molar-refractivity contribution < 1.29 is 10.0 Å². The third-order valence-corrected chi connectivity index (χ3v) is 2.19. The summed E-state index contributed by atoms with van der Waals surface area (Å²) in [4.78, 5) is 11.3. The van der Waals surface area contributed by atoms with E-state index in [-0.39, 0.29) is 11.7 Å². The van der Waals surface area contributed by atoms with Crippen LogP contribution in [0.15, 0.2) is 5.16 Å². The van der Waals surface area contributed by atoms with E-state index in [1.807, 2.05) is 0 Å². The van der Waals surface area contributed by atoms with Gasteiger partial charge in [-0.2, -0.15) is 0 Å². The van der Waals surface area contributed by atoms with E-state index >= 15 is 0 Å². The molecule has 0 aromatic rings. The fourth-order valence-electron chi connectivity index (χ4n) is 1.19. The van der Waals surface area contributed by atoms with Crippen LogP contribution >= 0.6 is 0 Å². The Morgan fingerprint density at radius 1 is 1.47 bits per heavy atom. The maximum absolute atomic E-state index is 11.3. The van der Waals surface area contributed by atoms with E-state index < -0.39 is 6.04 Å². The predicted molar refractivity (Wildman–Crippen MR) is 59.8 cm³/mol. The lowest BCUT2D eigenvalue weighted by atomic mass is 10.1. The zero-order chi connectivity index (χ0) is 11.7. The van der Waals surface area contributed by atoms with Gasteiger partial charge in [0.25, 0.3) is 0 Å². The number of hydrogen-bond donors (Lipinski definition) is 3. The fourth-order valence-corrected chi connectivity index (χ4v) is 1.19. The second-order valence-electron chi connectivity index (χ2n) is 3.62. The maximum atomic E-state index is 11.3. The molecular formula is C10H21N3O2. The van der Waals surface area contributed by atoms with Crippen molar-refractivity contribution in [1.29, 1.82) is 0 Å². The molecule has 0 aliphatic rings. The highest BCUT2D eigenvalue weighted by atomic mass is 16.4. The molecule has 0 spiro atoms. The molecule has 0 bridgehead atoms. The van der Waals surface area contributed by atoms with E-state index in [9.17, 15) is 4.79 Å². The summed E-state index contributed by atoms with van der Waals surface area (Å²) in [5, 5.41) is 13.9. The van der Waals surface area contributed by atoms with Gasteiger partial charge in [0, 0.05) is 6.42 Å². The van der Waals surface area contributed by atoms with Crippen LogP contribution in [0.1, 0.15) is 46.0 Å². The van der Waals surface area contributed by atoms with Crippen LogP contribution in [0.25, 0.3) is 0 Å². The number of nitrogens with one attached hydrogen (secondary N) is 1. The Morgan fingerprint density at radius 3 is 2.67 bits per heavy atom. The molecule has 0 saturated carbocycles. The number of carbonyl (C=O) groups excluding carboxylic acids is 1. The lowest BCUT2D eigenvalue weighted by Gasteiger charge is -2.11. The fraction of sp³-hybridized carbons (Fsp3) is 0.800. The standard InChI is InChI=1S/C10H21N3O2/c1-3-4-5-6-7-9(14)12-8(2)10(11)13-15/h8,15H,3-7H2,1-2H3,(H2,11,13)(H,12,14). The third kappa shape index (κ3) is 6.76. The van der Waals surface area contributed by atoms with E-state index in [2.05, 4.69) is 17.4 Å². The Morgan fingerprint density at radius 2 is 2.13 bits per heavy atom. The zero-order valence-corrected chi connectivity index (χ0v) is 9.49. The van der Waals surface area contributed by atoms with Crippen molar-refractivity contribution in [2.75, 3.05) is 0 Å². The Labute approximate surface area is 90.7 Å². The van der Waals surface area contributed by atoms with Crippen molar-refractivity contribution in [3.8, 4) is 0 Å². The molecule has 15 heavy (non-hydrogen) atoms. The molecule has 1 unspecified atom stereocenters. The monoisotopic (exact) mass is 215 g/mol. The molecule has 1 atom stereocenters. The van der Waals surface area contributed by atoms with Crippen LogP contribution in [0, 0.1) is 0 Å². The lowest BCUT2D eigenvalue weighted by Crippen LogP contribution is -2.42. The van der Waals surface area contributed by atoms with Gasteiger partial charge in [0.05, 0.1) is 6.04 Å². The molecule has 0 heterocycles. The first-order valence-corrected chi connectivity index (χ1v) is 5.38. The average molecular weight is 215 g/mol. The summed E-state index contributed by atoms with van der Waals surface area (Å²) in [6.07, 6.45) is 4.78. The number of amides is 1. The highest BCUT2D eigenvalue weighted by Gasteiger charge is 2.10. The van der Waals surface area contributed by atoms with E-state index in [1.165, 1.54) is 0 Å². The highest BCUT2D eigenvalue weighted by Crippen LogP contribution is 2.02. The topological polar surface area (TPSA) is 87.7 Å². The molecule has 0 radical (unpaired) electrons. The SMILES string of the molecule is CCCCCCC(=O)NC(C)C(N)=NO. The molecule has 1 amide bonds. The maximum Gasteiger partial charge on any atom is 0.220 e. The average Bonchev–Trinajstić information content (AvgIpc) is 2.23. The summed E-state index contributed by atoms with van der Waals surface area (Å²) >= 11 is 0. The first kappa shape index (κ1) is 13.7. The number of oxime groups is 1. The predicted octanol–water partition coefficient (Wildman–Crippen LogP) is 1.21.